The van der Waals surface area contributed by atoms with Crippen LogP contribution in [0.25, 0.3) is 0 Å². The summed E-state index contributed by atoms with van der Waals surface area (Å²) in [5.74, 6) is 0.0521. The maximum Gasteiger partial charge on any atom is 0.255 e. The molecule has 0 radical (unpaired) electrons. The lowest BCUT2D eigenvalue weighted by Crippen LogP contribution is -2.45. The van der Waals surface area contributed by atoms with E-state index in [1.54, 1.807) is 37.4 Å². The molecule has 0 atom stereocenters. The van der Waals surface area contributed by atoms with Gasteiger partial charge in [0.2, 0.25) is 0 Å². The Morgan fingerprint density at radius 1 is 1.22 bits per heavy atom. The first kappa shape index (κ1) is 19.3. The first-order chi connectivity index (χ1) is 13.0. The Morgan fingerprint density at radius 3 is 2.67 bits per heavy atom. The Balaban J connectivity index is 1.48. The molecule has 6 heteroatoms. The maximum absolute atomic E-state index is 13.4. The summed E-state index contributed by atoms with van der Waals surface area (Å²) >= 11 is 0. The highest BCUT2D eigenvalue weighted by atomic mass is 19.1. The summed E-state index contributed by atoms with van der Waals surface area (Å²) in [5, 5.41) is 13.7. The smallest absolute Gasteiger partial charge is 0.255 e. The topological polar surface area (TPSA) is 61.8 Å². The van der Waals surface area contributed by atoms with Crippen molar-refractivity contribution < 1.29 is 19.0 Å². The van der Waals surface area contributed by atoms with Crippen molar-refractivity contribution in [2.75, 3.05) is 33.3 Å². The number of nitrogens with zero attached hydrogens (tertiary/aromatic N) is 1. The monoisotopic (exact) mass is 372 g/mol. The molecule has 0 aromatic heterocycles. The Labute approximate surface area is 158 Å². The number of amides is 1. The molecule has 0 unspecified atom stereocenters. The van der Waals surface area contributed by atoms with Crippen LogP contribution >= 0.6 is 0 Å². The van der Waals surface area contributed by atoms with E-state index < -0.39 is 5.60 Å². The number of likely N-dealkylation sites (tertiary alicyclic amines) is 1. The SMILES string of the molecule is COc1ccccc1C(=O)NCCN1CCC(O)(c2cccc(F)c2)CC1. The van der Waals surface area contributed by atoms with Gasteiger partial charge < -0.3 is 20.1 Å². The molecule has 1 aliphatic rings. The quantitative estimate of drug-likeness (QED) is 0.818. The van der Waals surface area contributed by atoms with Crippen LogP contribution in [0.4, 0.5) is 4.39 Å². The second-order valence-corrected chi connectivity index (χ2v) is 6.84. The van der Waals surface area contributed by atoms with Crippen LogP contribution < -0.4 is 10.1 Å². The average Bonchev–Trinajstić information content (AvgIpc) is 2.69. The van der Waals surface area contributed by atoms with Gasteiger partial charge in [0.1, 0.15) is 11.6 Å². The molecule has 1 fully saturated rings. The molecule has 2 aromatic carbocycles. The van der Waals surface area contributed by atoms with Gasteiger partial charge in [-0.25, -0.2) is 4.39 Å². The summed E-state index contributed by atoms with van der Waals surface area (Å²) in [4.78, 5) is 14.5. The molecule has 27 heavy (non-hydrogen) atoms. The summed E-state index contributed by atoms with van der Waals surface area (Å²) in [7, 11) is 1.54. The Morgan fingerprint density at radius 2 is 1.96 bits per heavy atom. The van der Waals surface area contributed by atoms with Crippen molar-refractivity contribution in [3.05, 3.63) is 65.5 Å². The van der Waals surface area contributed by atoms with Gasteiger partial charge in [0, 0.05) is 26.2 Å². The number of hydrogen-bond acceptors (Lipinski definition) is 4. The number of piperidine rings is 1. The number of carbonyl (C=O) groups is 1. The highest BCUT2D eigenvalue weighted by Gasteiger charge is 2.34. The van der Waals surface area contributed by atoms with Crippen LogP contribution in [0.3, 0.4) is 0 Å². The molecular weight excluding hydrogens is 347 g/mol. The number of benzene rings is 2. The van der Waals surface area contributed by atoms with Crippen LogP contribution in [-0.2, 0) is 5.60 Å². The third-order valence-electron chi connectivity index (χ3n) is 5.11. The molecule has 0 aliphatic carbocycles. The van der Waals surface area contributed by atoms with Gasteiger partial charge in [-0.05, 0) is 42.7 Å². The molecule has 0 bridgehead atoms. The van der Waals surface area contributed by atoms with Crippen molar-refractivity contribution in [3.63, 3.8) is 0 Å². The lowest BCUT2D eigenvalue weighted by atomic mass is 9.84. The van der Waals surface area contributed by atoms with Crippen LogP contribution in [0.2, 0.25) is 0 Å². The van der Waals surface area contributed by atoms with Gasteiger partial charge in [0.15, 0.2) is 0 Å². The fourth-order valence-corrected chi connectivity index (χ4v) is 3.47. The molecule has 144 valence electrons. The zero-order chi connectivity index (χ0) is 19.3. The first-order valence-corrected chi connectivity index (χ1v) is 9.14. The van der Waals surface area contributed by atoms with Crippen molar-refractivity contribution in [2.45, 2.75) is 18.4 Å². The van der Waals surface area contributed by atoms with Crippen molar-refractivity contribution in [1.82, 2.24) is 10.2 Å². The van der Waals surface area contributed by atoms with Gasteiger partial charge >= 0.3 is 0 Å². The zero-order valence-corrected chi connectivity index (χ0v) is 15.5. The van der Waals surface area contributed by atoms with Gasteiger partial charge in [0.05, 0.1) is 18.3 Å². The van der Waals surface area contributed by atoms with Gasteiger partial charge in [-0.15, -0.1) is 0 Å². The van der Waals surface area contributed by atoms with E-state index in [1.165, 1.54) is 12.1 Å². The highest BCUT2D eigenvalue weighted by Crippen LogP contribution is 2.32. The Hall–Kier alpha value is -2.44. The number of halogens is 1. The minimum absolute atomic E-state index is 0.166. The molecule has 3 rings (SSSR count). The molecule has 1 aliphatic heterocycles. The second-order valence-electron chi connectivity index (χ2n) is 6.84. The molecule has 1 amide bonds. The van der Waals surface area contributed by atoms with Crippen LogP contribution in [0.1, 0.15) is 28.8 Å². The number of ether oxygens (including phenoxy) is 1. The van der Waals surface area contributed by atoms with Crippen molar-refractivity contribution in [2.24, 2.45) is 0 Å². The van der Waals surface area contributed by atoms with Gasteiger partial charge in [-0.3, -0.25) is 4.79 Å². The average molecular weight is 372 g/mol. The van der Waals surface area contributed by atoms with Crippen LogP contribution in [0, 0.1) is 5.82 Å². The van der Waals surface area contributed by atoms with Crippen LogP contribution in [0.15, 0.2) is 48.5 Å². The van der Waals surface area contributed by atoms with E-state index in [0.29, 0.717) is 55.9 Å². The third-order valence-corrected chi connectivity index (χ3v) is 5.11. The number of para-hydroxylation sites is 1. The van der Waals surface area contributed by atoms with E-state index in [2.05, 4.69) is 10.2 Å². The molecule has 2 aromatic rings. The lowest BCUT2D eigenvalue weighted by molar-refractivity contribution is -0.0257. The van der Waals surface area contributed by atoms with E-state index >= 15 is 0 Å². The summed E-state index contributed by atoms with van der Waals surface area (Å²) in [5.41, 5.74) is 0.157. The minimum Gasteiger partial charge on any atom is -0.496 e. The van der Waals surface area contributed by atoms with Crippen molar-refractivity contribution in [1.29, 1.82) is 0 Å². The number of nitrogens with one attached hydrogen (secondary N) is 1. The number of methoxy groups -OCH3 is 1. The summed E-state index contributed by atoms with van der Waals surface area (Å²) in [6, 6.07) is 13.3. The van der Waals surface area contributed by atoms with Crippen molar-refractivity contribution >= 4 is 5.91 Å². The molecule has 5 nitrogen and oxygen atoms in total. The second kappa shape index (κ2) is 8.50. The van der Waals surface area contributed by atoms with E-state index in [1.807, 2.05) is 6.07 Å². The van der Waals surface area contributed by atoms with Gasteiger partial charge in [-0.1, -0.05) is 24.3 Å². The van der Waals surface area contributed by atoms with E-state index in [0.717, 1.165) is 0 Å². The normalized spacial score (nSPS) is 16.7. The molecule has 2 N–H and O–H groups in total. The summed E-state index contributed by atoms with van der Waals surface area (Å²) in [6.07, 6.45) is 1.08. The van der Waals surface area contributed by atoms with Crippen molar-refractivity contribution in [3.8, 4) is 5.75 Å². The fourth-order valence-electron chi connectivity index (χ4n) is 3.47. The predicted octanol–water partition coefficient (Wildman–Crippen LogP) is 2.55. The molecular formula is C21H25FN2O3. The first-order valence-electron chi connectivity index (χ1n) is 9.14. The standard InChI is InChI=1S/C21H25FN2O3/c1-27-19-8-3-2-7-18(19)20(25)23-11-14-24-12-9-21(26,10-13-24)16-5-4-6-17(22)15-16/h2-8,15,26H,9-14H2,1H3,(H,23,25). The number of rotatable bonds is 6. The largest absolute Gasteiger partial charge is 0.496 e. The molecule has 0 saturated carbocycles. The predicted molar refractivity (Wildman–Crippen MR) is 101 cm³/mol. The van der Waals surface area contributed by atoms with Crippen LogP contribution in [-0.4, -0.2) is 49.2 Å². The Kier molecular flexibility index (Phi) is 6.08. The number of hydrogen-bond donors (Lipinski definition) is 2. The van der Waals surface area contributed by atoms with Gasteiger partial charge in [-0.2, -0.15) is 0 Å². The molecule has 0 spiro atoms. The summed E-state index contributed by atoms with van der Waals surface area (Å²) < 4.78 is 18.6. The van der Waals surface area contributed by atoms with E-state index in [-0.39, 0.29) is 11.7 Å². The maximum atomic E-state index is 13.4. The summed E-state index contributed by atoms with van der Waals surface area (Å²) in [6.45, 7) is 2.59. The highest BCUT2D eigenvalue weighted by molar-refractivity contribution is 5.96. The van der Waals surface area contributed by atoms with Gasteiger partial charge in [0.25, 0.3) is 5.91 Å². The molecule has 1 saturated heterocycles. The van der Waals surface area contributed by atoms with E-state index in [9.17, 15) is 14.3 Å². The lowest BCUT2D eigenvalue weighted by Gasteiger charge is -2.38. The van der Waals surface area contributed by atoms with Crippen LogP contribution in [0.5, 0.6) is 5.75 Å². The molecule has 1 heterocycles. The number of aliphatic hydroxyl groups is 1. The fraction of sp³-hybridized carbons (Fsp3) is 0.381. The number of carbonyl (C=O) groups excluding carboxylic acids is 1. The Bertz CT molecular complexity index is 789. The zero-order valence-electron chi connectivity index (χ0n) is 15.5. The third kappa shape index (κ3) is 4.64. The van der Waals surface area contributed by atoms with E-state index in [4.69, 9.17) is 4.74 Å². The minimum atomic E-state index is -0.987.